The third-order valence-electron chi connectivity index (χ3n) is 2.81. The van der Waals surface area contributed by atoms with Gasteiger partial charge in [0.15, 0.2) is 0 Å². The molecular weight excluding hydrogens is 234 g/mol. The first-order valence-corrected chi connectivity index (χ1v) is 7.03. The zero-order valence-electron chi connectivity index (χ0n) is 12.5. The minimum absolute atomic E-state index is 0.160. The number of benzene rings is 1. The standard InChI is InChI=1S/C17H27NO/c1-5-6-7-12-19-14-16-10-8-15(9-11-16)13-18-17(2,3)4/h5,8-11,18H,1,6-7,12-14H2,2-4H3. The van der Waals surface area contributed by atoms with Crippen molar-refractivity contribution in [3.05, 3.63) is 48.0 Å². The summed E-state index contributed by atoms with van der Waals surface area (Å²) >= 11 is 0. The van der Waals surface area contributed by atoms with Crippen molar-refractivity contribution in [2.45, 2.75) is 52.3 Å². The summed E-state index contributed by atoms with van der Waals surface area (Å²) in [5, 5.41) is 3.48. The Morgan fingerprint density at radius 3 is 2.37 bits per heavy atom. The van der Waals surface area contributed by atoms with Crippen molar-refractivity contribution in [3.63, 3.8) is 0 Å². The molecule has 0 heterocycles. The Balaban J connectivity index is 2.29. The maximum atomic E-state index is 5.61. The number of nitrogens with one attached hydrogen (secondary N) is 1. The molecule has 0 radical (unpaired) electrons. The highest BCUT2D eigenvalue weighted by molar-refractivity contribution is 5.22. The summed E-state index contributed by atoms with van der Waals surface area (Å²) < 4.78 is 5.61. The Hall–Kier alpha value is -1.12. The second kappa shape index (κ2) is 8.13. The van der Waals surface area contributed by atoms with E-state index in [0.29, 0.717) is 6.61 Å². The molecule has 0 atom stereocenters. The van der Waals surface area contributed by atoms with Crippen molar-refractivity contribution in [1.82, 2.24) is 5.32 Å². The molecule has 0 saturated heterocycles. The van der Waals surface area contributed by atoms with Crippen molar-refractivity contribution in [1.29, 1.82) is 0 Å². The second-order valence-electron chi connectivity index (χ2n) is 5.90. The molecule has 1 aromatic carbocycles. The minimum Gasteiger partial charge on any atom is -0.377 e. The van der Waals surface area contributed by atoms with E-state index in [9.17, 15) is 0 Å². The molecule has 0 fully saturated rings. The van der Waals surface area contributed by atoms with Gasteiger partial charge in [0, 0.05) is 18.7 Å². The number of hydrogen-bond donors (Lipinski definition) is 1. The quantitative estimate of drug-likeness (QED) is 0.563. The van der Waals surface area contributed by atoms with Gasteiger partial charge < -0.3 is 10.1 Å². The largest absolute Gasteiger partial charge is 0.377 e. The van der Waals surface area contributed by atoms with E-state index in [1.54, 1.807) is 0 Å². The van der Waals surface area contributed by atoms with Crippen LogP contribution in [0.4, 0.5) is 0 Å². The van der Waals surface area contributed by atoms with Crippen LogP contribution >= 0.6 is 0 Å². The predicted octanol–water partition coefficient (Wildman–Crippen LogP) is 4.06. The lowest BCUT2D eigenvalue weighted by molar-refractivity contribution is 0.119. The van der Waals surface area contributed by atoms with Crippen molar-refractivity contribution in [2.24, 2.45) is 0 Å². The molecule has 0 amide bonds. The smallest absolute Gasteiger partial charge is 0.0716 e. The number of rotatable bonds is 8. The van der Waals surface area contributed by atoms with E-state index < -0.39 is 0 Å². The Kier molecular flexibility index (Phi) is 6.82. The van der Waals surface area contributed by atoms with Gasteiger partial charge in [-0.05, 0) is 44.7 Å². The van der Waals surface area contributed by atoms with Gasteiger partial charge in [-0.3, -0.25) is 0 Å². The average Bonchev–Trinajstić information content (AvgIpc) is 2.37. The van der Waals surface area contributed by atoms with E-state index in [2.05, 4.69) is 56.9 Å². The SMILES string of the molecule is C=CCCCOCc1ccc(CNC(C)(C)C)cc1. The highest BCUT2D eigenvalue weighted by Crippen LogP contribution is 2.08. The second-order valence-corrected chi connectivity index (χ2v) is 5.90. The lowest BCUT2D eigenvalue weighted by atomic mass is 10.1. The minimum atomic E-state index is 0.160. The third kappa shape index (κ3) is 7.81. The van der Waals surface area contributed by atoms with Crippen LogP contribution < -0.4 is 5.32 Å². The summed E-state index contributed by atoms with van der Waals surface area (Å²) in [6, 6.07) is 8.63. The van der Waals surface area contributed by atoms with E-state index in [4.69, 9.17) is 4.74 Å². The third-order valence-corrected chi connectivity index (χ3v) is 2.81. The lowest BCUT2D eigenvalue weighted by Gasteiger charge is -2.20. The number of hydrogen-bond acceptors (Lipinski definition) is 2. The highest BCUT2D eigenvalue weighted by Gasteiger charge is 2.07. The van der Waals surface area contributed by atoms with Crippen molar-refractivity contribution in [2.75, 3.05) is 6.61 Å². The molecule has 0 unspecified atom stereocenters. The molecule has 0 saturated carbocycles. The Bertz CT molecular complexity index is 362. The first kappa shape index (κ1) is 15.9. The maximum Gasteiger partial charge on any atom is 0.0716 e. The van der Waals surface area contributed by atoms with Gasteiger partial charge in [-0.15, -0.1) is 6.58 Å². The Morgan fingerprint density at radius 2 is 1.79 bits per heavy atom. The molecular formula is C17H27NO. The van der Waals surface area contributed by atoms with Crippen molar-refractivity contribution >= 4 is 0 Å². The van der Waals surface area contributed by atoms with Crippen molar-refractivity contribution < 1.29 is 4.74 Å². The van der Waals surface area contributed by atoms with Gasteiger partial charge in [0.1, 0.15) is 0 Å². The van der Waals surface area contributed by atoms with Crippen LogP contribution in [0.5, 0.6) is 0 Å². The van der Waals surface area contributed by atoms with Gasteiger partial charge in [-0.1, -0.05) is 30.3 Å². The monoisotopic (exact) mass is 261 g/mol. The Morgan fingerprint density at radius 1 is 1.16 bits per heavy atom. The van der Waals surface area contributed by atoms with E-state index >= 15 is 0 Å². The fraction of sp³-hybridized carbons (Fsp3) is 0.529. The fourth-order valence-corrected chi connectivity index (χ4v) is 1.64. The summed E-state index contributed by atoms with van der Waals surface area (Å²) in [5.74, 6) is 0. The number of ether oxygens (including phenoxy) is 1. The highest BCUT2D eigenvalue weighted by atomic mass is 16.5. The van der Waals surface area contributed by atoms with Crippen LogP contribution in [-0.2, 0) is 17.9 Å². The molecule has 106 valence electrons. The van der Waals surface area contributed by atoms with Crippen molar-refractivity contribution in [3.8, 4) is 0 Å². The summed E-state index contributed by atoms with van der Waals surface area (Å²) in [4.78, 5) is 0. The van der Waals surface area contributed by atoms with Gasteiger partial charge in [0.25, 0.3) is 0 Å². The van der Waals surface area contributed by atoms with Gasteiger partial charge in [-0.25, -0.2) is 0 Å². The van der Waals surface area contributed by atoms with Gasteiger partial charge in [0.05, 0.1) is 6.61 Å². The molecule has 0 aliphatic carbocycles. The summed E-state index contributed by atoms with van der Waals surface area (Å²) in [6.45, 7) is 12.6. The molecule has 2 nitrogen and oxygen atoms in total. The van der Waals surface area contributed by atoms with Crippen LogP contribution in [0.25, 0.3) is 0 Å². The van der Waals surface area contributed by atoms with E-state index in [-0.39, 0.29) is 5.54 Å². The molecule has 0 aromatic heterocycles. The average molecular weight is 261 g/mol. The first-order valence-electron chi connectivity index (χ1n) is 7.03. The van der Waals surface area contributed by atoms with Crippen LogP contribution in [0.2, 0.25) is 0 Å². The molecule has 2 heteroatoms. The van der Waals surface area contributed by atoms with E-state index in [0.717, 1.165) is 26.0 Å². The Labute approximate surface area is 117 Å². The lowest BCUT2D eigenvalue weighted by Crippen LogP contribution is -2.35. The van der Waals surface area contributed by atoms with Gasteiger partial charge >= 0.3 is 0 Å². The fourth-order valence-electron chi connectivity index (χ4n) is 1.64. The first-order chi connectivity index (χ1) is 9.01. The predicted molar refractivity (Wildman–Crippen MR) is 82.1 cm³/mol. The van der Waals surface area contributed by atoms with Gasteiger partial charge in [-0.2, -0.15) is 0 Å². The molecule has 1 aromatic rings. The van der Waals surface area contributed by atoms with Crippen LogP contribution in [0.3, 0.4) is 0 Å². The van der Waals surface area contributed by atoms with E-state index in [1.165, 1.54) is 11.1 Å². The summed E-state index contributed by atoms with van der Waals surface area (Å²) in [7, 11) is 0. The molecule has 1 rings (SSSR count). The molecule has 1 N–H and O–H groups in total. The van der Waals surface area contributed by atoms with Gasteiger partial charge in [0.2, 0.25) is 0 Å². The normalized spacial score (nSPS) is 11.5. The summed E-state index contributed by atoms with van der Waals surface area (Å²) in [5.41, 5.74) is 2.70. The molecule has 0 bridgehead atoms. The van der Waals surface area contributed by atoms with Crippen LogP contribution in [-0.4, -0.2) is 12.1 Å². The molecule has 0 aliphatic rings. The number of unbranched alkanes of at least 4 members (excludes halogenated alkanes) is 1. The van der Waals surface area contributed by atoms with Crippen LogP contribution in [0.1, 0.15) is 44.7 Å². The molecule has 0 spiro atoms. The van der Waals surface area contributed by atoms with Crippen LogP contribution in [0.15, 0.2) is 36.9 Å². The molecule has 0 aliphatic heterocycles. The summed E-state index contributed by atoms with van der Waals surface area (Å²) in [6.07, 6.45) is 4.01. The van der Waals surface area contributed by atoms with Crippen LogP contribution in [0, 0.1) is 0 Å². The topological polar surface area (TPSA) is 21.3 Å². The number of allylic oxidation sites excluding steroid dienone is 1. The molecule has 19 heavy (non-hydrogen) atoms. The van der Waals surface area contributed by atoms with E-state index in [1.807, 2.05) is 6.08 Å². The zero-order valence-corrected chi connectivity index (χ0v) is 12.5. The zero-order chi connectivity index (χ0) is 14.1. The maximum absolute atomic E-state index is 5.61.